The maximum absolute atomic E-state index is 11.7. The number of amides is 2. The van der Waals surface area contributed by atoms with E-state index in [4.69, 9.17) is 14.9 Å². The maximum atomic E-state index is 11.7. The van der Waals surface area contributed by atoms with Gasteiger partial charge >= 0.3 is 13.9 Å². The Kier molecular flexibility index (Phi) is 11.7. The topological polar surface area (TPSA) is 123 Å². The Bertz CT molecular complexity index is 765. The first-order chi connectivity index (χ1) is 15.0. The molecular formula is C20H28N3O5PS2. The number of carbonyl (C=O) groups is 1. The number of rotatable bonds is 9. The van der Waals surface area contributed by atoms with Crippen LogP contribution in [0, 0.1) is 0 Å². The summed E-state index contributed by atoms with van der Waals surface area (Å²) in [6.45, 7) is 0.716. The second-order valence-electron chi connectivity index (χ2n) is 6.50. The molecule has 0 aliphatic carbocycles. The van der Waals surface area contributed by atoms with Gasteiger partial charge in [-0.1, -0.05) is 64.4 Å². The van der Waals surface area contributed by atoms with Crippen LogP contribution in [0.4, 0.5) is 4.79 Å². The molecule has 3 rings (SSSR count). The lowest BCUT2D eigenvalue weighted by Gasteiger charge is -2.13. The second-order valence-corrected chi connectivity index (χ2v) is 10.6. The van der Waals surface area contributed by atoms with E-state index in [1.54, 1.807) is 60.7 Å². The van der Waals surface area contributed by atoms with E-state index in [9.17, 15) is 14.3 Å². The van der Waals surface area contributed by atoms with Gasteiger partial charge < -0.3 is 14.4 Å². The number of hydrazine groups is 1. The Hall–Kier alpha value is -1.84. The lowest BCUT2D eigenvalue weighted by atomic mass is 10.1. The van der Waals surface area contributed by atoms with E-state index >= 15 is 0 Å². The fraction of sp³-hybridized carbons (Fsp3) is 0.350. The second kappa shape index (κ2) is 14.3. The van der Waals surface area contributed by atoms with Crippen LogP contribution in [0.5, 0.6) is 11.5 Å². The van der Waals surface area contributed by atoms with Crippen molar-refractivity contribution >= 4 is 35.4 Å². The number of unbranched alkanes of at least 4 members (excludes halogenated alkanes) is 1. The molecule has 31 heavy (non-hydrogen) atoms. The van der Waals surface area contributed by atoms with Gasteiger partial charge in [0.15, 0.2) is 0 Å². The number of para-hydroxylation sites is 2. The molecule has 11 heteroatoms. The summed E-state index contributed by atoms with van der Waals surface area (Å²) in [5, 5.41) is 3.51. The number of urea groups is 1. The normalized spacial score (nSPS) is 15.4. The molecule has 0 aromatic heterocycles. The molecule has 1 unspecified atom stereocenters. The van der Waals surface area contributed by atoms with Crippen LogP contribution in [-0.4, -0.2) is 28.5 Å². The van der Waals surface area contributed by atoms with E-state index in [0.717, 1.165) is 11.7 Å². The average molecular weight is 486 g/mol. The van der Waals surface area contributed by atoms with Gasteiger partial charge in [-0.25, -0.2) is 15.2 Å². The number of nitrogens with one attached hydrogen (secondary N) is 2. The molecule has 8 nitrogen and oxygen atoms in total. The summed E-state index contributed by atoms with van der Waals surface area (Å²) in [4.78, 5) is 20.2. The minimum atomic E-state index is -4.14. The summed E-state index contributed by atoms with van der Waals surface area (Å²) >= 11 is 0. The third-order valence-corrected chi connectivity index (χ3v) is 7.91. The van der Waals surface area contributed by atoms with E-state index in [-0.39, 0.29) is 17.5 Å². The van der Waals surface area contributed by atoms with Crippen molar-refractivity contribution in [2.75, 3.05) is 12.3 Å². The fourth-order valence-corrected chi connectivity index (χ4v) is 6.40. The minimum Gasteiger partial charge on any atom is -0.395 e. The number of phosphoric ester groups is 1. The van der Waals surface area contributed by atoms with E-state index in [1.807, 2.05) is 27.0 Å². The Morgan fingerprint density at radius 1 is 1.06 bits per heavy atom. The quantitative estimate of drug-likeness (QED) is 0.100. The largest absolute Gasteiger partial charge is 0.584 e. The van der Waals surface area contributed by atoms with Gasteiger partial charge in [-0.15, -0.1) is 0 Å². The smallest absolute Gasteiger partial charge is 0.395 e. The molecule has 0 spiro atoms. The molecule has 2 aromatic carbocycles. The SMILES string of the molecule is NNC(=O)NCCCCC1CCSS1.O=P(O)(Oc1ccccc1)Oc1ccccc1. The number of hydrogen-bond acceptors (Lipinski definition) is 7. The number of phosphoric acid groups is 1. The molecule has 1 aliphatic rings. The summed E-state index contributed by atoms with van der Waals surface area (Å²) < 4.78 is 21.5. The summed E-state index contributed by atoms with van der Waals surface area (Å²) in [7, 11) is -0.153. The van der Waals surface area contributed by atoms with Crippen molar-refractivity contribution < 1.29 is 23.3 Å². The summed E-state index contributed by atoms with van der Waals surface area (Å²) in [6.07, 6.45) is 4.83. The van der Waals surface area contributed by atoms with Crippen molar-refractivity contribution in [3.8, 4) is 11.5 Å². The molecule has 2 aromatic rings. The highest BCUT2D eigenvalue weighted by atomic mass is 33.1. The Balaban J connectivity index is 0.000000225. The third kappa shape index (κ3) is 11.4. The Labute approximate surface area is 190 Å². The number of nitrogens with two attached hydrogens (primary N) is 1. The van der Waals surface area contributed by atoms with Crippen LogP contribution < -0.4 is 25.6 Å². The zero-order valence-electron chi connectivity index (χ0n) is 17.0. The first-order valence-electron chi connectivity index (χ1n) is 9.83. The van der Waals surface area contributed by atoms with Gasteiger partial charge in [0.1, 0.15) is 11.5 Å². The highest BCUT2D eigenvalue weighted by Gasteiger charge is 2.24. The highest BCUT2D eigenvalue weighted by Crippen LogP contribution is 2.44. The van der Waals surface area contributed by atoms with E-state index in [1.165, 1.54) is 25.0 Å². The first kappa shape index (κ1) is 25.4. The van der Waals surface area contributed by atoms with Crippen molar-refractivity contribution in [1.29, 1.82) is 0 Å². The number of benzene rings is 2. The Morgan fingerprint density at radius 3 is 2.13 bits per heavy atom. The molecule has 0 saturated carbocycles. The lowest BCUT2D eigenvalue weighted by Crippen LogP contribution is -2.40. The number of hydrogen-bond donors (Lipinski definition) is 4. The monoisotopic (exact) mass is 485 g/mol. The minimum absolute atomic E-state index is 0.286. The first-order valence-corrected chi connectivity index (χ1v) is 13.7. The van der Waals surface area contributed by atoms with Gasteiger partial charge in [-0.3, -0.25) is 10.3 Å². The van der Waals surface area contributed by atoms with Crippen molar-refractivity contribution in [3.05, 3.63) is 60.7 Å². The molecule has 1 aliphatic heterocycles. The molecule has 1 saturated heterocycles. The zero-order valence-corrected chi connectivity index (χ0v) is 19.5. The molecule has 1 heterocycles. The van der Waals surface area contributed by atoms with E-state index in [0.29, 0.717) is 6.54 Å². The van der Waals surface area contributed by atoms with Crippen LogP contribution in [0.25, 0.3) is 0 Å². The molecular weight excluding hydrogens is 457 g/mol. The van der Waals surface area contributed by atoms with Crippen LogP contribution in [0.15, 0.2) is 60.7 Å². The summed E-state index contributed by atoms with van der Waals surface area (Å²) in [5.74, 6) is 6.79. The van der Waals surface area contributed by atoms with Gasteiger partial charge in [-0.05, 0) is 43.5 Å². The van der Waals surface area contributed by atoms with Gasteiger partial charge in [0.05, 0.1) is 0 Å². The highest BCUT2D eigenvalue weighted by molar-refractivity contribution is 8.77. The van der Waals surface area contributed by atoms with Crippen molar-refractivity contribution in [2.45, 2.75) is 30.9 Å². The van der Waals surface area contributed by atoms with Gasteiger partial charge in [0.2, 0.25) is 0 Å². The molecule has 0 radical (unpaired) electrons. The fourth-order valence-electron chi connectivity index (χ4n) is 2.56. The summed E-state index contributed by atoms with van der Waals surface area (Å²) in [5.41, 5.74) is 2.04. The van der Waals surface area contributed by atoms with Crippen molar-refractivity contribution in [2.24, 2.45) is 5.84 Å². The standard InChI is InChI=1S/C12H11O4P.C8H17N3OS2/c13-17(14,15-11-7-3-1-4-8-11)16-12-9-5-2-6-10-12;9-11-8(12)10-5-2-1-3-7-4-6-13-14-7/h1-10H,(H,13,14);7H,1-6,9H2,(H2,10,11,12). The molecule has 1 fully saturated rings. The molecule has 5 N–H and O–H groups in total. The lowest BCUT2D eigenvalue weighted by molar-refractivity contribution is 0.241. The van der Waals surface area contributed by atoms with Crippen molar-refractivity contribution in [3.63, 3.8) is 0 Å². The maximum Gasteiger partial charge on any atom is 0.584 e. The number of carbonyl (C=O) groups excluding carboxylic acids is 1. The average Bonchev–Trinajstić information content (AvgIpc) is 3.28. The van der Waals surface area contributed by atoms with Gasteiger partial charge in [-0.2, -0.15) is 0 Å². The Morgan fingerprint density at radius 2 is 1.65 bits per heavy atom. The van der Waals surface area contributed by atoms with Crippen molar-refractivity contribution in [1.82, 2.24) is 10.7 Å². The van der Waals surface area contributed by atoms with E-state index < -0.39 is 7.82 Å². The van der Waals surface area contributed by atoms with Crippen LogP contribution in [0.2, 0.25) is 0 Å². The van der Waals surface area contributed by atoms with Gasteiger partial charge in [0.25, 0.3) is 0 Å². The predicted molar refractivity (Wildman–Crippen MR) is 127 cm³/mol. The van der Waals surface area contributed by atoms with E-state index in [2.05, 4.69) is 5.32 Å². The molecule has 0 bridgehead atoms. The zero-order chi connectivity index (χ0) is 22.4. The molecule has 1 atom stereocenters. The van der Waals surface area contributed by atoms with Crippen LogP contribution in [-0.2, 0) is 4.57 Å². The summed E-state index contributed by atoms with van der Waals surface area (Å²) in [6, 6.07) is 16.4. The molecule has 170 valence electrons. The molecule has 2 amide bonds. The third-order valence-electron chi connectivity index (χ3n) is 4.02. The van der Waals surface area contributed by atoms with Crippen LogP contribution in [0.3, 0.4) is 0 Å². The van der Waals surface area contributed by atoms with Gasteiger partial charge in [0, 0.05) is 17.5 Å². The van der Waals surface area contributed by atoms with Crippen LogP contribution >= 0.6 is 29.4 Å². The predicted octanol–water partition coefficient (Wildman–Crippen LogP) is 4.73. The van der Waals surface area contributed by atoms with Crippen LogP contribution in [0.1, 0.15) is 25.7 Å².